The average molecular weight is 184 g/mol. The summed E-state index contributed by atoms with van der Waals surface area (Å²) in [6.07, 6.45) is 0.251. The van der Waals surface area contributed by atoms with Crippen LogP contribution in [-0.2, 0) is 0 Å². The van der Waals surface area contributed by atoms with E-state index >= 15 is 0 Å². The standard InChI is InChI=1S/C5H5FN6O/c6-5-9-3-2(4(13)10-5)8-1-12(3)11-7/h1,11H,7H2,(H,9,10,13). The molecular formula is C5H5FN6O. The van der Waals surface area contributed by atoms with E-state index in [9.17, 15) is 9.18 Å². The van der Waals surface area contributed by atoms with Crippen LogP contribution in [0.4, 0.5) is 4.39 Å². The van der Waals surface area contributed by atoms with Gasteiger partial charge in [-0.25, -0.2) is 15.5 Å². The molecule has 0 unspecified atom stereocenters. The first-order valence-corrected chi connectivity index (χ1v) is 3.32. The molecule has 13 heavy (non-hydrogen) atoms. The first-order chi connectivity index (χ1) is 6.22. The lowest BCUT2D eigenvalue weighted by Crippen LogP contribution is -2.22. The lowest BCUT2D eigenvalue weighted by molar-refractivity contribution is 0.538. The molecule has 0 saturated heterocycles. The van der Waals surface area contributed by atoms with Crippen LogP contribution in [0.3, 0.4) is 0 Å². The van der Waals surface area contributed by atoms with Crippen LogP contribution in [0, 0.1) is 6.08 Å². The molecule has 68 valence electrons. The Kier molecular flexibility index (Phi) is 1.49. The van der Waals surface area contributed by atoms with Crippen LogP contribution >= 0.6 is 0 Å². The highest BCUT2D eigenvalue weighted by atomic mass is 19.1. The van der Waals surface area contributed by atoms with E-state index in [1.807, 2.05) is 4.98 Å². The summed E-state index contributed by atoms with van der Waals surface area (Å²) in [5, 5.41) is 0. The third-order valence-electron chi connectivity index (χ3n) is 1.52. The predicted octanol–water partition coefficient (Wildman–Crippen LogP) is -1.32. The van der Waals surface area contributed by atoms with Gasteiger partial charge >= 0.3 is 0 Å². The van der Waals surface area contributed by atoms with Crippen molar-refractivity contribution in [2.75, 3.05) is 5.53 Å². The van der Waals surface area contributed by atoms with Gasteiger partial charge in [-0.3, -0.25) is 15.3 Å². The number of imidazole rings is 1. The number of aromatic amines is 1. The Hall–Kier alpha value is -1.96. The lowest BCUT2D eigenvalue weighted by Gasteiger charge is -1.98. The number of hydrogen-bond donors (Lipinski definition) is 3. The number of aromatic nitrogens is 4. The minimum atomic E-state index is -0.977. The summed E-state index contributed by atoms with van der Waals surface area (Å²) in [5.74, 6) is 5.06. The van der Waals surface area contributed by atoms with Gasteiger partial charge in [-0.15, -0.1) is 0 Å². The van der Waals surface area contributed by atoms with E-state index in [1.54, 1.807) is 0 Å². The van der Waals surface area contributed by atoms with Crippen molar-refractivity contribution < 1.29 is 4.39 Å². The zero-order chi connectivity index (χ0) is 9.42. The topological polar surface area (TPSA) is 102 Å². The van der Waals surface area contributed by atoms with Crippen molar-refractivity contribution in [2.45, 2.75) is 0 Å². The molecule has 2 heterocycles. The first kappa shape index (κ1) is 7.68. The Bertz CT molecular complexity index is 501. The monoisotopic (exact) mass is 184 g/mol. The van der Waals surface area contributed by atoms with E-state index in [0.717, 1.165) is 4.68 Å². The SMILES string of the molecule is NNn1cnc2c(=O)[nH]c(F)nc21. The van der Waals surface area contributed by atoms with Crippen molar-refractivity contribution in [3.05, 3.63) is 22.8 Å². The van der Waals surface area contributed by atoms with E-state index in [4.69, 9.17) is 5.84 Å². The van der Waals surface area contributed by atoms with Crippen LogP contribution in [0.5, 0.6) is 0 Å². The fourth-order valence-corrected chi connectivity index (χ4v) is 0.977. The van der Waals surface area contributed by atoms with Crippen molar-refractivity contribution in [3.63, 3.8) is 0 Å². The molecule has 0 aliphatic carbocycles. The molecule has 2 aromatic heterocycles. The normalized spacial score (nSPS) is 10.6. The molecular weight excluding hydrogens is 179 g/mol. The maximum Gasteiger partial charge on any atom is 0.291 e. The van der Waals surface area contributed by atoms with Gasteiger partial charge in [-0.2, -0.15) is 9.37 Å². The van der Waals surface area contributed by atoms with Gasteiger partial charge in [-0.1, -0.05) is 0 Å². The van der Waals surface area contributed by atoms with Gasteiger partial charge in [0.25, 0.3) is 11.6 Å². The average Bonchev–Trinajstić information content (AvgIpc) is 2.47. The summed E-state index contributed by atoms with van der Waals surface area (Å²) in [5.41, 5.74) is 1.61. The minimum absolute atomic E-state index is 0.0272. The van der Waals surface area contributed by atoms with Gasteiger partial charge in [0.1, 0.15) is 6.33 Å². The molecule has 0 radical (unpaired) electrons. The molecule has 0 aliphatic heterocycles. The molecule has 0 aliphatic rings. The Morgan fingerprint density at radius 3 is 3.15 bits per heavy atom. The molecule has 4 N–H and O–H groups in total. The van der Waals surface area contributed by atoms with Crippen LogP contribution in [0.15, 0.2) is 11.1 Å². The van der Waals surface area contributed by atoms with Gasteiger partial charge < -0.3 is 0 Å². The lowest BCUT2D eigenvalue weighted by atomic mass is 10.5. The number of nitrogens with zero attached hydrogens (tertiary/aromatic N) is 3. The summed E-state index contributed by atoms with van der Waals surface area (Å²) in [6.45, 7) is 0. The van der Waals surface area contributed by atoms with E-state index < -0.39 is 11.6 Å². The molecule has 8 heteroatoms. The quantitative estimate of drug-likeness (QED) is 0.290. The predicted molar refractivity (Wildman–Crippen MR) is 41.7 cm³/mol. The summed E-state index contributed by atoms with van der Waals surface area (Å²) < 4.78 is 13.7. The maximum absolute atomic E-state index is 12.6. The Morgan fingerprint density at radius 2 is 2.46 bits per heavy atom. The van der Waals surface area contributed by atoms with Gasteiger partial charge in [0.15, 0.2) is 11.2 Å². The number of rotatable bonds is 1. The molecule has 0 spiro atoms. The van der Waals surface area contributed by atoms with E-state index in [-0.39, 0.29) is 11.2 Å². The highest BCUT2D eigenvalue weighted by Crippen LogP contribution is 2.01. The Balaban J connectivity index is 2.90. The van der Waals surface area contributed by atoms with E-state index in [2.05, 4.69) is 15.5 Å². The number of nitrogens with two attached hydrogens (primary N) is 1. The third kappa shape index (κ3) is 1.04. The summed E-state index contributed by atoms with van der Waals surface area (Å²) in [6, 6.07) is 0. The smallest absolute Gasteiger partial charge is 0.281 e. The molecule has 0 saturated carbocycles. The number of hydrazine groups is 1. The maximum atomic E-state index is 12.6. The Morgan fingerprint density at radius 1 is 1.69 bits per heavy atom. The van der Waals surface area contributed by atoms with Crippen LogP contribution in [0.2, 0.25) is 0 Å². The number of fused-ring (bicyclic) bond motifs is 1. The van der Waals surface area contributed by atoms with Gasteiger partial charge in [0, 0.05) is 0 Å². The summed E-state index contributed by atoms with van der Waals surface area (Å²) >= 11 is 0. The molecule has 0 atom stereocenters. The second kappa shape index (κ2) is 2.52. The van der Waals surface area contributed by atoms with Crippen molar-refractivity contribution in [1.29, 1.82) is 0 Å². The van der Waals surface area contributed by atoms with Crippen molar-refractivity contribution in [2.24, 2.45) is 5.84 Å². The number of hydrogen-bond acceptors (Lipinski definition) is 5. The Labute approximate surface area is 70.3 Å². The van der Waals surface area contributed by atoms with Crippen LogP contribution in [-0.4, -0.2) is 19.6 Å². The van der Waals surface area contributed by atoms with E-state index in [0.29, 0.717) is 0 Å². The van der Waals surface area contributed by atoms with Crippen molar-refractivity contribution in [3.8, 4) is 0 Å². The van der Waals surface area contributed by atoms with Crippen LogP contribution in [0.25, 0.3) is 11.2 Å². The van der Waals surface area contributed by atoms with Crippen LogP contribution < -0.4 is 16.9 Å². The van der Waals surface area contributed by atoms with Crippen LogP contribution in [0.1, 0.15) is 0 Å². The highest BCUT2D eigenvalue weighted by Gasteiger charge is 2.08. The number of nitrogens with one attached hydrogen (secondary N) is 2. The molecule has 2 aromatic rings. The zero-order valence-electron chi connectivity index (χ0n) is 6.28. The van der Waals surface area contributed by atoms with Crippen molar-refractivity contribution in [1.82, 2.24) is 19.6 Å². The fraction of sp³-hybridized carbons (Fsp3) is 0. The first-order valence-electron chi connectivity index (χ1n) is 3.32. The molecule has 2 rings (SSSR count). The fourth-order valence-electron chi connectivity index (χ4n) is 0.977. The number of halogens is 1. The second-order valence-corrected chi connectivity index (χ2v) is 2.27. The molecule has 0 bridgehead atoms. The van der Waals surface area contributed by atoms with Gasteiger partial charge in [0.2, 0.25) is 0 Å². The minimum Gasteiger partial charge on any atom is -0.281 e. The largest absolute Gasteiger partial charge is 0.291 e. The third-order valence-corrected chi connectivity index (χ3v) is 1.52. The highest BCUT2D eigenvalue weighted by molar-refractivity contribution is 5.68. The van der Waals surface area contributed by atoms with Crippen molar-refractivity contribution >= 4 is 11.2 Å². The summed E-state index contributed by atoms with van der Waals surface area (Å²) in [4.78, 5) is 20.0. The summed E-state index contributed by atoms with van der Waals surface area (Å²) in [7, 11) is 0. The van der Waals surface area contributed by atoms with Gasteiger partial charge in [0.05, 0.1) is 0 Å². The second-order valence-electron chi connectivity index (χ2n) is 2.27. The number of H-pyrrole nitrogens is 1. The molecule has 7 nitrogen and oxygen atoms in total. The molecule has 0 amide bonds. The van der Waals surface area contributed by atoms with E-state index in [1.165, 1.54) is 6.33 Å². The molecule has 0 aromatic carbocycles. The van der Waals surface area contributed by atoms with Gasteiger partial charge in [-0.05, 0) is 0 Å². The molecule has 0 fully saturated rings. The number of nitrogen functional groups attached to an aromatic ring is 1. The zero-order valence-corrected chi connectivity index (χ0v) is 6.28.